The minimum Gasteiger partial charge on any atom is -0.481 e. The topological polar surface area (TPSA) is 105 Å². The number of hydrogen-bond acceptors (Lipinski definition) is 4. The molecule has 2 atom stereocenters. The monoisotopic (exact) mass is 480 g/mol. The number of rotatable bonds is 10. The maximum atomic E-state index is 13.0. The van der Waals surface area contributed by atoms with Crippen LogP contribution in [0.2, 0.25) is 0 Å². The molecule has 0 radical (unpaired) electrons. The summed E-state index contributed by atoms with van der Waals surface area (Å²) in [6.07, 6.45) is -0.162. The van der Waals surface area contributed by atoms with E-state index in [1.807, 2.05) is 38.1 Å². The molecule has 188 valence electrons. The number of benzene rings is 2. The minimum atomic E-state index is -0.976. The number of fused-ring (bicyclic) bond motifs is 3. The molecule has 0 aliphatic heterocycles. The fourth-order valence-corrected chi connectivity index (χ4v) is 4.94. The highest BCUT2D eigenvalue weighted by Gasteiger charge is 2.40. The van der Waals surface area contributed by atoms with Gasteiger partial charge in [0.1, 0.15) is 6.61 Å². The normalized spacial score (nSPS) is 14.6. The maximum Gasteiger partial charge on any atom is 0.407 e. The number of carbonyl (C=O) groups excluding carboxylic acids is 2. The van der Waals surface area contributed by atoms with Gasteiger partial charge in [-0.25, -0.2) is 4.79 Å². The van der Waals surface area contributed by atoms with Crippen molar-refractivity contribution < 1.29 is 24.2 Å². The lowest BCUT2D eigenvalue weighted by Crippen LogP contribution is -2.55. The lowest BCUT2D eigenvalue weighted by Gasteiger charge is -2.36. The number of hydrogen-bond donors (Lipinski definition) is 3. The fourth-order valence-electron chi connectivity index (χ4n) is 4.94. The first kappa shape index (κ1) is 26.3. The molecule has 3 N–H and O–H groups in total. The van der Waals surface area contributed by atoms with Crippen LogP contribution in [0, 0.1) is 17.3 Å². The van der Waals surface area contributed by atoms with Crippen molar-refractivity contribution in [3.8, 4) is 11.1 Å². The van der Waals surface area contributed by atoms with Crippen LogP contribution in [0.1, 0.15) is 58.1 Å². The highest BCUT2D eigenvalue weighted by Crippen LogP contribution is 2.44. The third-order valence-electron chi connectivity index (χ3n) is 7.00. The number of alkyl carbamates (subject to hydrolysis) is 1. The predicted octanol–water partition coefficient (Wildman–Crippen LogP) is 4.80. The Morgan fingerprint density at radius 3 is 2.03 bits per heavy atom. The zero-order valence-corrected chi connectivity index (χ0v) is 21.1. The number of carbonyl (C=O) groups is 3. The van der Waals surface area contributed by atoms with E-state index in [0.29, 0.717) is 6.42 Å². The van der Waals surface area contributed by atoms with Crippen LogP contribution in [-0.2, 0) is 14.3 Å². The summed E-state index contributed by atoms with van der Waals surface area (Å²) in [7, 11) is 0. The van der Waals surface area contributed by atoms with Gasteiger partial charge in [0.15, 0.2) is 0 Å². The van der Waals surface area contributed by atoms with Gasteiger partial charge in [-0.1, -0.05) is 69.3 Å². The van der Waals surface area contributed by atoms with Crippen LogP contribution in [0.15, 0.2) is 48.5 Å². The molecule has 2 amide bonds. The van der Waals surface area contributed by atoms with E-state index < -0.39 is 29.4 Å². The van der Waals surface area contributed by atoms with E-state index in [4.69, 9.17) is 4.74 Å². The lowest BCUT2D eigenvalue weighted by atomic mass is 9.77. The third kappa shape index (κ3) is 5.66. The molecular weight excluding hydrogens is 444 g/mol. The Balaban J connectivity index is 1.66. The van der Waals surface area contributed by atoms with Gasteiger partial charge in [-0.3, -0.25) is 9.59 Å². The first-order chi connectivity index (χ1) is 16.6. The van der Waals surface area contributed by atoms with Gasteiger partial charge in [-0.15, -0.1) is 0 Å². The summed E-state index contributed by atoms with van der Waals surface area (Å²) in [6.45, 7) is 9.35. The molecule has 2 aromatic carbocycles. The van der Waals surface area contributed by atoms with Gasteiger partial charge in [0, 0.05) is 18.5 Å². The van der Waals surface area contributed by atoms with E-state index in [9.17, 15) is 19.5 Å². The Bertz CT molecular complexity index is 1030. The molecule has 0 bridgehead atoms. The Morgan fingerprint density at radius 2 is 1.54 bits per heavy atom. The van der Waals surface area contributed by atoms with Crippen LogP contribution >= 0.6 is 0 Å². The summed E-state index contributed by atoms with van der Waals surface area (Å²) in [5.41, 5.74) is 3.59. The van der Waals surface area contributed by atoms with Crippen molar-refractivity contribution in [3.05, 3.63) is 59.7 Å². The second-order valence-electron chi connectivity index (χ2n) is 10.1. The molecular formula is C28H36N2O5. The summed E-state index contributed by atoms with van der Waals surface area (Å²) in [6, 6.07) is 15.8. The fraction of sp³-hybridized carbons (Fsp3) is 0.464. The third-order valence-corrected chi connectivity index (χ3v) is 7.00. The molecule has 0 saturated heterocycles. The van der Waals surface area contributed by atoms with E-state index in [-0.39, 0.29) is 30.9 Å². The molecule has 2 unspecified atom stereocenters. The number of nitrogens with one attached hydrogen (secondary N) is 2. The standard InChI is InChI=1S/C28H36N2O5/c1-6-18(25(31)32)15-29-26(33)28(4,5)24(17(2)3)30-27(34)35-16-23-21-13-9-7-11-19(21)20-12-8-10-14-22(20)23/h7-14,17-18,23-24H,6,15-16H2,1-5H3,(H,29,33)(H,30,34)(H,31,32). The number of carboxylic acid groups (broad SMARTS) is 1. The van der Waals surface area contributed by atoms with Crippen molar-refractivity contribution in [3.63, 3.8) is 0 Å². The van der Waals surface area contributed by atoms with E-state index in [0.717, 1.165) is 22.3 Å². The first-order valence-corrected chi connectivity index (χ1v) is 12.2. The van der Waals surface area contributed by atoms with Crippen molar-refractivity contribution in [2.24, 2.45) is 17.3 Å². The summed E-state index contributed by atoms with van der Waals surface area (Å²) in [5, 5.41) is 14.9. The second-order valence-corrected chi connectivity index (χ2v) is 10.1. The first-order valence-electron chi connectivity index (χ1n) is 12.2. The van der Waals surface area contributed by atoms with Crippen molar-refractivity contribution in [1.29, 1.82) is 0 Å². The minimum absolute atomic E-state index is 0.0455. The predicted molar refractivity (Wildman–Crippen MR) is 135 cm³/mol. The maximum absolute atomic E-state index is 13.0. The van der Waals surface area contributed by atoms with Crippen LogP contribution in [0.4, 0.5) is 4.79 Å². The Kier molecular flexibility index (Phi) is 8.20. The van der Waals surface area contributed by atoms with Gasteiger partial charge in [-0.05, 0) is 48.4 Å². The van der Waals surface area contributed by atoms with Gasteiger partial charge in [0.2, 0.25) is 5.91 Å². The highest BCUT2D eigenvalue weighted by molar-refractivity contribution is 5.84. The molecule has 1 aliphatic rings. The molecule has 0 heterocycles. The average Bonchev–Trinajstić information content (AvgIpc) is 3.14. The molecule has 0 spiro atoms. The summed E-state index contributed by atoms with van der Waals surface area (Å²) in [5.74, 6) is -2.01. The van der Waals surface area contributed by atoms with Gasteiger partial charge >= 0.3 is 12.1 Å². The molecule has 3 rings (SSSR count). The van der Waals surface area contributed by atoms with Crippen LogP contribution in [0.3, 0.4) is 0 Å². The summed E-state index contributed by atoms with van der Waals surface area (Å²) < 4.78 is 5.68. The largest absolute Gasteiger partial charge is 0.481 e. The van der Waals surface area contributed by atoms with E-state index in [1.165, 1.54) is 0 Å². The van der Waals surface area contributed by atoms with Crippen molar-refractivity contribution in [2.45, 2.75) is 53.0 Å². The number of aliphatic carboxylic acids is 1. The molecule has 7 nitrogen and oxygen atoms in total. The number of ether oxygens (including phenoxy) is 1. The van der Waals surface area contributed by atoms with E-state index >= 15 is 0 Å². The zero-order valence-electron chi connectivity index (χ0n) is 21.1. The summed E-state index contributed by atoms with van der Waals surface area (Å²) >= 11 is 0. The highest BCUT2D eigenvalue weighted by atomic mass is 16.5. The van der Waals surface area contributed by atoms with Crippen LogP contribution in [0.25, 0.3) is 11.1 Å². The van der Waals surface area contributed by atoms with E-state index in [1.54, 1.807) is 20.8 Å². The molecule has 0 fully saturated rings. The Labute approximate surface area is 207 Å². The van der Waals surface area contributed by atoms with Gasteiger partial charge in [0.05, 0.1) is 11.3 Å². The molecule has 0 aromatic heterocycles. The smallest absolute Gasteiger partial charge is 0.407 e. The second kappa shape index (κ2) is 10.9. The quantitative estimate of drug-likeness (QED) is 0.453. The van der Waals surface area contributed by atoms with Gasteiger partial charge in [-0.2, -0.15) is 0 Å². The van der Waals surface area contributed by atoms with Crippen LogP contribution in [-0.4, -0.2) is 42.3 Å². The van der Waals surface area contributed by atoms with Gasteiger partial charge in [0.25, 0.3) is 0 Å². The van der Waals surface area contributed by atoms with Crippen molar-refractivity contribution in [2.75, 3.05) is 13.2 Å². The van der Waals surface area contributed by atoms with Crippen molar-refractivity contribution >= 4 is 18.0 Å². The zero-order chi connectivity index (χ0) is 25.8. The van der Waals surface area contributed by atoms with Crippen LogP contribution < -0.4 is 10.6 Å². The molecule has 0 saturated carbocycles. The molecule has 1 aliphatic carbocycles. The summed E-state index contributed by atoms with van der Waals surface area (Å²) in [4.78, 5) is 37.1. The molecule has 7 heteroatoms. The molecule has 35 heavy (non-hydrogen) atoms. The lowest BCUT2D eigenvalue weighted by molar-refractivity contribution is -0.142. The number of carboxylic acids is 1. The van der Waals surface area contributed by atoms with E-state index in [2.05, 4.69) is 34.9 Å². The van der Waals surface area contributed by atoms with Crippen molar-refractivity contribution in [1.82, 2.24) is 10.6 Å². The van der Waals surface area contributed by atoms with Crippen LogP contribution in [0.5, 0.6) is 0 Å². The van der Waals surface area contributed by atoms with Gasteiger partial charge < -0.3 is 20.5 Å². The average molecular weight is 481 g/mol. The Hall–Kier alpha value is -3.35. The molecule has 2 aromatic rings. The Morgan fingerprint density at radius 1 is 1.00 bits per heavy atom. The SMILES string of the molecule is CCC(CNC(=O)C(C)(C)C(NC(=O)OCC1c2ccccc2-c2ccccc21)C(C)C)C(=O)O. The number of amides is 2.